The lowest BCUT2D eigenvalue weighted by Gasteiger charge is -2.39. The number of hydrogen-bond acceptors (Lipinski definition) is 4. The van der Waals surface area contributed by atoms with E-state index in [-0.39, 0.29) is 6.61 Å². The van der Waals surface area contributed by atoms with Crippen LogP contribution in [0.1, 0.15) is 33.6 Å². The first-order chi connectivity index (χ1) is 8.12. The van der Waals surface area contributed by atoms with Crippen molar-refractivity contribution in [1.82, 2.24) is 0 Å². The third kappa shape index (κ3) is 2.57. The molecule has 0 aliphatic heterocycles. The van der Waals surface area contributed by atoms with Gasteiger partial charge in [0.15, 0.2) is 0 Å². The van der Waals surface area contributed by atoms with E-state index < -0.39 is 47.6 Å². The van der Waals surface area contributed by atoms with Gasteiger partial charge in [-0.3, -0.25) is 9.59 Å². The van der Waals surface area contributed by atoms with Gasteiger partial charge in [-0.05, 0) is 6.92 Å². The van der Waals surface area contributed by atoms with Crippen LogP contribution in [-0.2, 0) is 19.1 Å². The molecule has 1 rings (SSSR count). The molecular formula is C12H16F2O4. The molecule has 0 aromatic carbocycles. The first-order valence-electron chi connectivity index (χ1n) is 5.74. The number of ether oxygens (including phenoxy) is 1. The predicted molar refractivity (Wildman–Crippen MR) is 58.1 cm³/mol. The minimum atomic E-state index is -3.16. The maximum absolute atomic E-state index is 13.8. The van der Waals surface area contributed by atoms with Crippen molar-refractivity contribution in [3.05, 3.63) is 0 Å². The second-order valence-electron chi connectivity index (χ2n) is 5.07. The van der Waals surface area contributed by atoms with E-state index >= 15 is 0 Å². The molecule has 1 saturated carbocycles. The van der Waals surface area contributed by atoms with Crippen LogP contribution in [-0.4, -0.2) is 30.1 Å². The van der Waals surface area contributed by atoms with Crippen molar-refractivity contribution >= 4 is 17.5 Å². The number of ketones is 2. The van der Waals surface area contributed by atoms with Crippen LogP contribution in [0.4, 0.5) is 8.78 Å². The zero-order valence-corrected chi connectivity index (χ0v) is 10.6. The standard InChI is InChI=1S/C12H16F2O4/c1-4-18-10(17)9(16)7-5-12(13,14)11(2,3)6-8(7)15/h7H,4-6H2,1-3H3. The SMILES string of the molecule is CCOC(=O)C(=O)C1CC(F)(F)C(C)(C)CC1=O. The van der Waals surface area contributed by atoms with Crippen molar-refractivity contribution < 1.29 is 27.9 Å². The summed E-state index contributed by atoms with van der Waals surface area (Å²) in [6.45, 7) is 4.00. The average molecular weight is 262 g/mol. The number of Topliss-reactive ketones (excluding diaryl/α,β-unsaturated/α-hetero) is 2. The van der Waals surface area contributed by atoms with Gasteiger partial charge < -0.3 is 4.74 Å². The van der Waals surface area contributed by atoms with Crippen molar-refractivity contribution in [3.8, 4) is 0 Å². The van der Waals surface area contributed by atoms with Crippen LogP contribution < -0.4 is 0 Å². The van der Waals surface area contributed by atoms with E-state index in [0.717, 1.165) is 0 Å². The van der Waals surface area contributed by atoms with Gasteiger partial charge >= 0.3 is 5.97 Å². The molecule has 0 N–H and O–H groups in total. The minimum Gasteiger partial charge on any atom is -0.460 e. The summed E-state index contributed by atoms with van der Waals surface area (Å²) in [7, 11) is 0. The van der Waals surface area contributed by atoms with Crippen molar-refractivity contribution in [3.63, 3.8) is 0 Å². The smallest absolute Gasteiger partial charge is 0.375 e. The monoisotopic (exact) mass is 262 g/mol. The third-order valence-corrected chi connectivity index (χ3v) is 3.25. The predicted octanol–water partition coefficient (Wildman–Crippen LogP) is 1.76. The van der Waals surface area contributed by atoms with Crippen LogP contribution in [0.2, 0.25) is 0 Å². The molecule has 0 radical (unpaired) electrons. The Hall–Kier alpha value is -1.33. The van der Waals surface area contributed by atoms with E-state index in [1.807, 2.05) is 0 Å². The quantitative estimate of drug-likeness (QED) is 0.442. The Morgan fingerprint density at radius 2 is 1.94 bits per heavy atom. The zero-order chi connectivity index (χ0) is 14.1. The third-order valence-electron chi connectivity index (χ3n) is 3.25. The number of hydrogen-bond donors (Lipinski definition) is 0. The van der Waals surface area contributed by atoms with Gasteiger partial charge in [0.2, 0.25) is 0 Å². The minimum absolute atomic E-state index is 0.0344. The lowest BCUT2D eigenvalue weighted by molar-refractivity contribution is -0.173. The molecule has 0 bridgehead atoms. The molecule has 1 aliphatic rings. The summed E-state index contributed by atoms with van der Waals surface area (Å²) in [4.78, 5) is 34.4. The molecule has 1 atom stereocenters. The highest BCUT2D eigenvalue weighted by Gasteiger charge is 2.56. The van der Waals surface area contributed by atoms with E-state index in [9.17, 15) is 23.2 Å². The van der Waals surface area contributed by atoms with Crippen LogP contribution in [0.3, 0.4) is 0 Å². The van der Waals surface area contributed by atoms with Gasteiger partial charge in [0, 0.05) is 18.3 Å². The van der Waals surface area contributed by atoms with Gasteiger partial charge in [0.1, 0.15) is 5.78 Å². The highest BCUT2D eigenvalue weighted by molar-refractivity contribution is 6.38. The molecule has 0 spiro atoms. The highest BCUT2D eigenvalue weighted by Crippen LogP contribution is 2.48. The normalized spacial score (nSPS) is 25.6. The summed E-state index contributed by atoms with van der Waals surface area (Å²) in [5, 5.41) is 0. The van der Waals surface area contributed by atoms with Crippen LogP contribution in [0.15, 0.2) is 0 Å². The summed E-state index contributed by atoms with van der Waals surface area (Å²) in [6.07, 6.45) is -1.34. The fourth-order valence-corrected chi connectivity index (χ4v) is 1.92. The Kier molecular flexibility index (Phi) is 3.88. The molecule has 102 valence electrons. The molecule has 1 unspecified atom stereocenters. The molecule has 0 aromatic rings. The summed E-state index contributed by atoms with van der Waals surface area (Å²) in [5.74, 6) is -7.74. The first kappa shape index (κ1) is 14.7. The molecule has 0 heterocycles. The summed E-state index contributed by atoms with van der Waals surface area (Å²) in [5.41, 5.74) is -1.49. The van der Waals surface area contributed by atoms with Gasteiger partial charge in [-0.15, -0.1) is 0 Å². The van der Waals surface area contributed by atoms with Gasteiger partial charge in [-0.2, -0.15) is 0 Å². The summed E-state index contributed by atoms with van der Waals surface area (Å²) in [6, 6.07) is 0. The molecule has 18 heavy (non-hydrogen) atoms. The second-order valence-corrected chi connectivity index (χ2v) is 5.07. The van der Waals surface area contributed by atoms with Crippen molar-refractivity contribution in [1.29, 1.82) is 0 Å². The Bertz CT molecular complexity index is 388. The highest BCUT2D eigenvalue weighted by atomic mass is 19.3. The number of rotatable bonds is 3. The Balaban J connectivity index is 2.90. The van der Waals surface area contributed by atoms with Gasteiger partial charge in [-0.1, -0.05) is 13.8 Å². The lowest BCUT2D eigenvalue weighted by atomic mass is 9.68. The maximum atomic E-state index is 13.8. The summed E-state index contributed by atoms with van der Waals surface area (Å²) < 4.78 is 32.0. The topological polar surface area (TPSA) is 60.4 Å². The molecule has 1 fully saturated rings. The zero-order valence-electron chi connectivity index (χ0n) is 10.6. The van der Waals surface area contributed by atoms with Gasteiger partial charge in [0.05, 0.1) is 12.5 Å². The second kappa shape index (κ2) is 4.74. The van der Waals surface area contributed by atoms with Crippen molar-refractivity contribution in [2.45, 2.75) is 39.5 Å². The number of carbonyl (C=O) groups excluding carboxylic acids is 3. The van der Waals surface area contributed by atoms with E-state index in [0.29, 0.717) is 0 Å². The van der Waals surface area contributed by atoms with Crippen LogP contribution >= 0.6 is 0 Å². The average Bonchev–Trinajstić information content (AvgIpc) is 2.22. The Labute approximate surface area is 104 Å². The fraction of sp³-hybridized carbons (Fsp3) is 0.750. The summed E-state index contributed by atoms with van der Waals surface area (Å²) >= 11 is 0. The van der Waals surface area contributed by atoms with E-state index in [1.54, 1.807) is 0 Å². The molecule has 0 amide bonds. The first-order valence-corrected chi connectivity index (χ1v) is 5.74. The van der Waals surface area contributed by atoms with Crippen LogP contribution in [0.25, 0.3) is 0 Å². The van der Waals surface area contributed by atoms with Gasteiger partial charge in [-0.25, -0.2) is 13.6 Å². The van der Waals surface area contributed by atoms with Crippen LogP contribution in [0, 0.1) is 11.3 Å². The number of alkyl halides is 2. The molecule has 0 saturated heterocycles. The largest absolute Gasteiger partial charge is 0.460 e. The number of carbonyl (C=O) groups is 3. The van der Waals surface area contributed by atoms with E-state index in [4.69, 9.17) is 0 Å². The Morgan fingerprint density at radius 3 is 2.44 bits per heavy atom. The van der Waals surface area contributed by atoms with E-state index in [2.05, 4.69) is 4.74 Å². The number of esters is 1. The Morgan fingerprint density at radius 1 is 1.39 bits per heavy atom. The molecule has 0 aromatic heterocycles. The van der Waals surface area contributed by atoms with E-state index in [1.165, 1.54) is 20.8 Å². The number of halogens is 2. The molecular weight excluding hydrogens is 246 g/mol. The lowest BCUT2D eigenvalue weighted by Crippen LogP contribution is -2.50. The van der Waals surface area contributed by atoms with Crippen molar-refractivity contribution in [2.24, 2.45) is 11.3 Å². The molecule has 1 aliphatic carbocycles. The maximum Gasteiger partial charge on any atom is 0.375 e. The fourth-order valence-electron chi connectivity index (χ4n) is 1.92. The molecule has 6 heteroatoms. The molecule has 4 nitrogen and oxygen atoms in total. The van der Waals surface area contributed by atoms with Gasteiger partial charge in [0.25, 0.3) is 11.7 Å². The van der Waals surface area contributed by atoms with Crippen molar-refractivity contribution in [2.75, 3.05) is 6.61 Å². The van der Waals surface area contributed by atoms with Crippen LogP contribution in [0.5, 0.6) is 0 Å².